The zero-order valence-electron chi connectivity index (χ0n) is 11.6. The fraction of sp³-hybridized carbons (Fsp3) is 0.533. The van der Waals surface area contributed by atoms with Gasteiger partial charge in [-0.05, 0) is 25.0 Å². The fourth-order valence-corrected chi connectivity index (χ4v) is 2.66. The number of oxazole rings is 1. The second kappa shape index (κ2) is 6.13. The molecular formula is C15H21N3O2. The summed E-state index contributed by atoms with van der Waals surface area (Å²) in [4.78, 5) is 4.34. The van der Waals surface area contributed by atoms with E-state index in [9.17, 15) is 0 Å². The number of para-hydroxylation sites is 1. The summed E-state index contributed by atoms with van der Waals surface area (Å²) in [7, 11) is 0. The standard InChI is InChI=1S/C15H21N3O2/c16-12-7-4-8-13-14(12)18-15(20-13)17-9-10-19-11-5-2-1-3-6-11/h4,7-8,11H,1-3,5-6,9-10,16H2,(H,17,18). The van der Waals surface area contributed by atoms with E-state index in [1.165, 1.54) is 32.1 Å². The second-order valence-electron chi connectivity index (χ2n) is 5.27. The maximum Gasteiger partial charge on any atom is 0.295 e. The molecule has 108 valence electrons. The number of fused-ring (bicyclic) bond motifs is 1. The number of nitrogens with zero attached hydrogens (tertiary/aromatic N) is 1. The van der Waals surface area contributed by atoms with Crippen LogP contribution in [0.1, 0.15) is 32.1 Å². The molecule has 3 rings (SSSR count). The molecule has 0 aliphatic heterocycles. The number of nitrogens with two attached hydrogens (primary N) is 1. The van der Waals surface area contributed by atoms with Crippen LogP contribution in [0.5, 0.6) is 0 Å². The van der Waals surface area contributed by atoms with Crippen molar-refractivity contribution in [2.45, 2.75) is 38.2 Å². The summed E-state index contributed by atoms with van der Waals surface area (Å²) >= 11 is 0. The van der Waals surface area contributed by atoms with Crippen LogP contribution in [-0.2, 0) is 4.74 Å². The Balaban J connectivity index is 1.48. The summed E-state index contributed by atoms with van der Waals surface area (Å²) in [6, 6.07) is 6.05. The van der Waals surface area contributed by atoms with E-state index in [0.717, 1.165) is 0 Å². The minimum atomic E-state index is 0.435. The number of nitrogen functional groups attached to an aromatic ring is 1. The molecule has 2 aromatic rings. The first-order chi connectivity index (χ1) is 9.83. The Labute approximate surface area is 118 Å². The van der Waals surface area contributed by atoms with Gasteiger partial charge in [-0.25, -0.2) is 0 Å². The third-order valence-electron chi connectivity index (χ3n) is 3.73. The molecular weight excluding hydrogens is 254 g/mol. The summed E-state index contributed by atoms with van der Waals surface area (Å²) in [5.74, 6) is 0. The Morgan fingerprint density at radius 2 is 2.15 bits per heavy atom. The number of ether oxygens (including phenoxy) is 1. The first-order valence-corrected chi connectivity index (χ1v) is 7.33. The molecule has 5 nitrogen and oxygen atoms in total. The maximum atomic E-state index is 5.85. The van der Waals surface area contributed by atoms with Crippen molar-refractivity contribution in [2.24, 2.45) is 0 Å². The zero-order chi connectivity index (χ0) is 13.8. The van der Waals surface area contributed by atoms with E-state index in [1.807, 2.05) is 18.2 Å². The molecule has 1 aliphatic rings. The lowest BCUT2D eigenvalue weighted by molar-refractivity contribution is 0.0346. The van der Waals surface area contributed by atoms with E-state index in [-0.39, 0.29) is 0 Å². The number of aromatic nitrogens is 1. The van der Waals surface area contributed by atoms with E-state index < -0.39 is 0 Å². The van der Waals surface area contributed by atoms with Crippen molar-refractivity contribution < 1.29 is 9.15 Å². The number of benzene rings is 1. The van der Waals surface area contributed by atoms with Gasteiger partial charge in [0.15, 0.2) is 5.58 Å². The van der Waals surface area contributed by atoms with Gasteiger partial charge in [-0.1, -0.05) is 25.3 Å². The first kappa shape index (κ1) is 13.2. The molecule has 0 amide bonds. The average molecular weight is 275 g/mol. The molecule has 0 bridgehead atoms. The molecule has 1 aromatic heterocycles. The molecule has 0 spiro atoms. The largest absolute Gasteiger partial charge is 0.423 e. The van der Waals surface area contributed by atoms with Crippen LogP contribution in [-0.4, -0.2) is 24.2 Å². The lowest BCUT2D eigenvalue weighted by atomic mass is 9.98. The van der Waals surface area contributed by atoms with Gasteiger partial charge in [0.25, 0.3) is 6.01 Å². The molecule has 0 saturated heterocycles. The van der Waals surface area contributed by atoms with Crippen molar-refractivity contribution in [2.75, 3.05) is 24.2 Å². The highest BCUT2D eigenvalue weighted by Crippen LogP contribution is 2.23. The Morgan fingerprint density at radius 3 is 2.95 bits per heavy atom. The van der Waals surface area contributed by atoms with Gasteiger partial charge in [0, 0.05) is 6.54 Å². The number of anilines is 2. The van der Waals surface area contributed by atoms with E-state index >= 15 is 0 Å². The molecule has 1 aliphatic carbocycles. The van der Waals surface area contributed by atoms with Crippen molar-refractivity contribution in [1.29, 1.82) is 0 Å². The maximum absolute atomic E-state index is 5.85. The van der Waals surface area contributed by atoms with Crippen LogP contribution in [0.15, 0.2) is 22.6 Å². The predicted octanol–water partition coefficient (Wildman–Crippen LogP) is 3.17. The lowest BCUT2D eigenvalue weighted by Gasteiger charge is -2.21. The van der Waals surface area contributed by atoms with Crippen LogP contribution < -0.4 is 11.1 Å². The van der Waals surface area contributed by atoms with Gasteiger partial charge >= 0.3 is 0 Å². The molecule has 0 radical (unpaired) electrons. The number of hydrogen-bond acceptors (Lipinski definition) is 5. The number of nitrogens with one attached hydrogen (secondary N) is 1. The van der Waals surface area contributed by atoms with Crippen molar-refractivity contribution in [1.82, 2.24) is 4.98 Å². The van der Waals surface area contributed by atoms with Gasteiger partial charge in [0.05, 0.1) is 18.4 Å². The van der Waals surface area contributed by atoms with Crippen LogP contribution in [0.2, 0.25) is 0 Å². The third-order valence-corrected chi connectivity index (χ3v) is 3.73. The summed E-state index contributed by atoms with van der Waals surface area (Å²) in [6.07, 6.45) is 6.76. The van der Waals surface area contributed by atoms with Gasteiger partial charge in [0.2, 0.25) is 0 Å². The van der Waals surface area contributed by atoms with Crippen LogP contribution in [0.4, 0.5) is 11.7 Å². The van der Waals surface area contributed by atoms with Crippen LogP contribution in [0.25, 0.3) is 11.1 Å². The predicted molar refractivity (Wildman–Crippen MR) is 79.7 cm³/mol. The molecule has 3 N–H and O–H groups in total. The monoisotopic (exact) mass is 275 g/mol. The Kier molecular flexibility index (Phi) is 4.06. The van der Waals surface area contributed by atoms with Gasteiger partial charge in [0.1, 0.15) is 5.52 Å². The van der Waals surface area contributed by atoms with E-state index in [1.54, 1.807) is 0 Å². The second-order valence-corrected chi connectivity index (χ2v) is 5.27. The van der Waals surface area contributed by atoms with Crippen molar-refractivity contribution in [3.8, 4) is 0 Å². The quantitative estimate of drug-likeness (QED) is 0.647. The van der Waals surface area contributed by atoms with E-state index in [4.69, 9.17) is 14.9 Å². The van der Waals surface area contributed by atoms with Crippen LogP contribution in [0.3, 0.4) is 0 Å². The number of hydrogen-bond donors (Lipinski definition) is 2. The Hall–Kier alpha value is -1.75. The smallest absolute Gasteiger partial charge is 0.295 e. The minimum Gasteiger partial charge on any atom is -0.423 e. The molecule has 20 heavy (non-hydrogen) atoms. The normalized spacial score (nSPS) is 16.6. The van der Waals surface area contributed by atoms with E-state index in [2.05, 4.69) is 10.3 Å². The zero-order valence-corrected chi connectivity index (χ0v) is 11.6. The molecule has 0 atom stereocenters. The van der Waals surface area contributed by atoms with Gasteiger partial charge in [-0.2, -0.15) is 4.98 Å². The van der Waals surface area contributed by atoms with E-state index in [0.29, 0.717) is 42.1 Å². The first-order valence-electron chi connectivity index (χ1n) is 7.33. The van der Waals surface area contributed by atoms with Crippen molar-refractivity contribution in [3.63, 3.8) is 0 Å². The molecule has 1 saturated carbocycles. The molecule has 0 unspecified atom stereocenters. The fourth-order valence-electron chi connectivity index (χ4n) is 2.66. The molecule has 5 heteroatoms. The highest BCUT2D eigenvalue weighted by molar-refractivity contribution is 5.86. The Morgan fingerprint density at radius 1 is 1.30 bits per heavy atom. The summed E-state index contributed by atoms with van der Waals surface area (Å²) in [5, 5.41) is 3.14. The van der Waals surface area contributed by atoms with Crippen LogP contribution in [0, 0.1) is 0 Å². The lowest BCUT2D eigenvalue weighted by Crippen LogP contribution is -2.20. The van der Waals surface area contributed by atoms with Gasteiger partial charge < -0.3 is 20.2 Å². The molecule has 1 heterocycles. The topological polar surface area (TPSA) is 73.3 Å². The average Bonchev–Trinajstić information content (AvgIpc) is 2.89. The molecule has 1 fully saturated rings. The number of rotatable bonds is 5. The third kappa shape index (κ3) is 3.04. The van der Waals surface area contributed by atoms with Crippen molar-refractivity contribution >= 4 is 22.8 Å². The Bertz CT molecular complexity index is 561. The highest BCUT2D eigenvalue weighted by atomic mass is 16.5. The van der Waals surface area contributed by atoms with Gasteiger partial charge in [-0.3, -0.25) is 0 Å². The minimum absolute atomic E-state index is 0.435. The summed E-state index contributed by atoms with van der Waals surface area (Å²) < 4.78 is 11.4. The summed E-state index contributed by atoms with van der Waals surface area (Å²) in [6.45, 7) is 1.38. The van der Waals surface area contributed by atoms with Crippen molar-refractivity contribution in [3.05, 3.63) is 18.2 Å². The SMILES string of the molecule is Nc1cccc2oc(NCCOC3CCCCC3)nc12. The molecule has 1 aromatic carbocycles. The highest BCUT2D eigenvalue weighted by Gasteiger charge is 2.13. The summed E-state index contributed by atoms with van der Waals surface area (Å²) in [5.41, 5.74) is 7.90. The van der Waals surface area contributed by atoms with Crippen LogP contribution >= 0.6 is 0 Å². The van der Waals surface area contributed by atoms with Gasteiger partial charge in [-0.15, -0.1) is 0 Å².